The van der Waals surface area contributed by atoms with Crippen molar-refractivity contribution in [1.29, 1.82) is 0 Å². The monoisotopic (exact) mass is 372 g/mol. The molecule has 0 heterocycles. The summed E-state index contributed by atoms with van der Waals surface area (Å²) < 4.78 is 41.0. The van der Waals surface area contributed by atoms with Gasteiger partial charge < -0.3 is 0 Å². The van der Waals surface area contributed by atoms with E-state index >= 15 is 0 Å². The summed E-state index contributed by atoms with van der Waals surface area (Å²) in [6.07, 6.45) is 2.55. The molecule has 3 rings (SSSR count). The molecule has 1 aliphatic rings. The molecule has 0 N–H and O–H groups in total. The van der Waals surface area contributed by atoms with Crippen molar-refractivity contribution in [3.05, 3.63) is 65.0 Å². The largest absolute Gasteiger partial charge is 0.263 e. The molecule has 0 nitrogen and oxygen atoms in total. The van der Waals surface area contributed by atoms with Gasteiger partial charge in [0.15, 0.2) is 0 Å². The quantitative estimate of drug-likeness (QED) is 0.501. The zero-order chi connectivity index (χ0) is 19.8. The van der Waals surface area contributed by atoms with Crippen molar-refractivity contribution >= 4 is 5.57 Å². The van der Waals surface area contributed by atoms with E-state index in [2.05, 4.69) is 39.8 Å². The van der Waals surface area contributed by atoms with Crippen molar-refractivity contribution in [1.82, 2.24) is 0 Å². The number of hydrogen-bond acceptors (Lipinski definition) is 0. The molecule has 0 aromatic heterocycles. The fourth-order valence-corrected chi connectivity index (χ4v) is 4.00. The Morgan fingerprint density at radius 2 is 1.70 bits per heavy atom. The molecule has 1 aliphatic carbocycles. The lowest BCUT2D eigenvalue weighted by molar-refractivity contribution is 0.151. The van der Waals surface area contributed by atoms with Crippen LogP contribution in [0, 0.1) is 17.2 Å². The number of hydrogen-bond donors (Lipinski definition) is 0. The lowest BCUT2D eigenvalue weighted by atomic mass is 9.78. The Hall–Kier alpha value is -2.03. The minimum absolute atomic E-state index is 0.0119. The highest BCUT2D eigenvalue weighted by Gasteiger charge is 2.30. The summed E-state index contributed by atoms with van der Waals surface area (Å²) in [6, 6.07) is 9.63. The van der Waals surface area contributed by atoms with Crippen LogP contribution in [0.3, 0.4) is 0 Å². The van der Waals surface area contributed by atoms with Gasteiger partial charge in [-0.05, 0) is 65.0 Å². The predicted molar refractivity (Wildman–Crippen MR) is 106 cm³/mol. The van der Waals surface area contributed by atoms with E-state index in [1.54, 1.807) is 0 Å². The van der Waals surface area contributed by atoms with Crippen molar-refractivity contribution in [3.63, 3.8) is 0 Å². The predicted octanol–water partition coefficient (Wildman–Crippen LogP) is 7.83. The first-order valence-electron chi connectivity index (χ1n) is 9.61. The molecule has 0 bridgehead atoms. The molecule has 0 saturated carbocycles. The molecule has 3 heteroatoms. The standard InChI is InChI=1S/C24H27F3/c1-15(2)12-16-7-9-18(19(13-16)21-6-5-11-24(21,3)4)20-14-17(23(26)27)8-10-22(20)25/h6-10,13-15,23H,5,11-12H2,1-4H3. The molecule has 0 atom stereocenters. The Morgan fingerprint density at radius 3 is 2.30 bits per heavy atom. The molecular weight excluding hydrogens is 345 g/mol. The summed E-state index contributed by atoms with van der Waals surface area (Å²) >= 11 is 0. The Balaban J connectivity index is 2.20. The highest BCUT2D eigenvalue weighted by Crippen LogP contribution is 2.47. The van der Waals surface area contributed by atoms with Crippen LogP contribution in [0.5, 0.6) is 0 Å². The van der Waals surface area contributed by atoms with Gasteiger partial charge in [-0.1, -0.05) is 58.0 Å². The topological polar surface area (TPSA) is 0 Å². The molecule has 0 fully saturated rings. The highest BCUT2D eigenvalue weighted by atomic mass is 19.3. The zero-order valence-electron chi connectivity index (χ0n) is 16.5. The minimum atomic E-state index is -2.62. The molecule has 0 aliphatic heterocycles. The highest BCUT2D eigenvalue weighted by molar-refractivity contribution is 5.85. The maximum absolute atomic E-state index is 14.6. The number of benzene rings is 2. The number of allylic oxidation sites excluding steroid dienone is 2. The summed E-state index contributed by atoms with van der Waals surface area (Å²) in [5.74, 6) is 0.0434. The third-order valence-electron chi connectivity index (χ3n) is 5.40. The van der Waals surface area contributed by atoms with Crippen LogP contribution in [0.25, 0.3) is 16.7 Å². The fraction of sp³-hybridized carbons (Fsp3) is 0.417. The molecule has 0 unspecified atom stereocenters. The summed E-state index contributed by atoms with van der Waals surface area (Å²) in [6.45, 7) is 8.71. The Morgan fingerprint density at radius 1 is 0.963 bits per heavy atom. The maximum atomic E-state index is 14.6. The first kappa shape index (κ1) is 19.7. The van der Waals surface area contributed by atoms with Crippen LogP contribution in [0.15, 0.2) is 42.5 Å². The van der Waals surface area contributed by atoms with Crippen LogP contribution in [-0.4, -0.2) is 0 Å². The van der Waals surface area contributed by atoms with Crippen molar-refractivity contribution < 1.29 is 13.2 Å². The molecule has 2 aromatic rings. The third-order valence-corrected chi connectivity index (χ3v) is 5.40. The summed E-state index contributed by atoms with van der Waals surface area (Å²) in [7, 11) is 0. The molecule has 144 valence electrons. The smallest absolute Gasteiger partial charge is 0.206 e. The van der Waals surface area contributed by atoms with E-state index in [9.17, 15) is 13.2 Å². The minimum Gasteiger partial charge on any atom is -0.206 e. The van der Waals surface area contributed by atoms with Gasteiger partial charge >= 0.3 is 0 Å². The van der Waals surface area contributed by atoms with Crippen molar-refractivity contribution in [2.24, 2.45) is 11.3 Å². The van der Waals surface area contributed by atoms with Crippen LogP contribution >= 0.6 is 0 Å². The van der Waals surface area contributed by atoms with E-state index in [1.807, 2.05) is 12.1 Å². The molecular formula is C24H27F3. The average molecular weight is 372 g/mol. The summed E-state index contributed by atoms with van der Waals surface area (Å²) in [4.78, 5) is 0. The van der Waals surface area contributed by atoms with Gasteiger partial charge in [-0.25, -0.2) is 13.2 Å². The van der Waals surface area contributed by atoms with Crippen LogP contribution in [0.4, 0.5) is 13.2 Å². The number of rotatable bonds is 5. The van der Waals surface area contributed by atoms with E-state index in [0.29, 0.717) is 11.5 Å². The van der Waals surface area contributed by atoms with Crippen molar-refractivity contribution in [2.45, 2.75) is 53.4 Å². The molecule has 2 aromatic carbocycles. The van der Waals surface area contributed by atoms with E-state index in [1.165, 1.54) is 17.2 Å². The average Bonchev–Trinajstić information content (AvgIpc) is 2.94. The SMILES string of the molecule is CC(C)Cc1ccc(-c2cc(C(F)F)ccc2F)c(C2=CCCC2(C)C)c1. The molecule has 0 radical (unpaired) electrons. The Bertz CT molecular complexity index is 860. The molecule has 27 heavy (non-hydrogen) atoms. The summed E-state index contributed by atoms with van der Waals surface area (Å²) in [5.41, 5.74) is 4.14. The molecule has 0 amide bonds. The van der Waals surface area contributed by atoms with Gasteiger partial charge in [0.1, 0.15) is 5.82 Å². The maximum Gasteiger partial charge on any atom is 0.263 e. The van der Waals surface area contributed by atoms with Gasteiger partial charge in [0.25, 0.3) is 6.43 Å². The van der Waals surface area contributed by atoms with Crippen LogP contribution in [-0.2, 0) is 6.42 Å². The third kappa shape index (κ3) is 4.12. The second-order valence-corrected chi connectivity index (χ2v) is 8.56. The molecule has 0 saturated heterocycles. The Labute approximate surface area is 160 Å². The van der Waals surface area contributed by atoms with Crippen molar-refractivity contribution in [2.75, 3.05) is 0 Å². The van der Waals surface area contributed by atoms with Gasteiger partial charge in [0, 0.05) is 11.1 Å². The van der Waals surface area contributed by atoms with Gasteiger partial charge in [-0.2, -0.15) is 0 Å². The first-order valence-corrected chi connectivity index (χ1v) is 9.61. The van der Waals surface area contributed by atoms with Gasteiger partial charge in [0.2, 0.25) is 0 Å². The van der Waals surface area contributed by atoms with Gasteiger partial charge in [-0.3, -0.25) is 0 Å². The number of halogens is 3. The van der Waals surface area contributed by atoms with Gasteiger partial charge in [-0.15, -0.1) is 0 Å². The lowest BCUT2D eigenvalue weighted by Crippen LogP contribution is -2.10. The van der Waals surface area contributed by atoms with E-state index < -0.39 is 12.2 Å². The second kappa shape index (κ2) is 7.53. The Kier molecular flexibility index (Phi) is 5.50. The van der Waals surface area contributed by atoms with E-state index in [0.717, 1.165) is 37.0 Å². The van der Waals surface area contributed by atoms with Crippen LogP contribution in [0.2, 0.25) is 0 Å². The van der Waals surface area contributed by atoms with E-state index in [4.69, 9.17) is 0 Å². The molecule has 0 spiro atoms. The fourth-order valence-electron chi connectivity index (χ4n) is 4.00. The van der Waals surface area contributed by atoms with Crippen LogP contribution < -0.4 is 0 Å². The first-order chi connectivity index (χ1) is 12.7. The van der Waals surface area contributed by atoms with Gasteiger partial charge in [0.05, 0.1) is 0 Å². The summed E-state index contributed by atoms with van der Waals surface area (Å²) in [5, 5.41) is 0. The van der Waals surface area contributed by atoms with E-state index in [-0.39, 0.29) is 16.5 Å². The lowest BCUT2D eigenvalue weighted by Gasteiger charge is -2.26. The van der Waals surface area contributed by atoms with Crippen LogP contribution in [0.1, 0.15) is 63.7 Å². The van der Waals surface area contributed by atoms with Crippen molar-refractivity contribution in [3.8, 4) is 11.1 Å². The number of alkyl halides is 2. The zero-order valence-corrected chi connectivity index (χ0v) is 16.5. The normalized spacial score (nSPS) is 16.3. The second-order valence-electron chi connectivity index (χ2n) is 8.56.